The summed E-state index contributed by atoms with van der Waals surface area (Å²) >= 11 is 0. The maximum absolute atomic E-state index is 11.4. The summed E-state index contributed by atoms with van der Waals surface area (Å²) in [5, 5.41) is 5.32. The molecule has 1 rings (SSSR count). The summed E-state index contributed by atoms with van der Waals surface area (Å²) in [6.07, 6.45) is 3.14. The first kappa shape index (κ1) is 18.9. The Morgan fingerprint density at radius 3 is 2.48 bits per heavy atom. The number of primary amides is 1. The largest absolute Gasteiger partial charge is 0.492 e. The molecule has 0 unspecified atom stereocenters. The zero-order valence-electron chi connectivity index (χ0n) is 13.3. The maximum atomic E-state index is 11.4. The van der Waals surface area contributed by atoms with E-state index in [4.69, 9.17) is 16.2 Å². The molecule has 7 nitrogen and oxygen atoms in total. The van der Waals surface area contributed by atoms with Gasteiger partial charge in [-0.15, -0.1) is 0 Å². The molecule has 2 amide bonds. The Kier molecular flexibility index (Phi) is 9.42. The average molecular weight is 322 g/mol. The average Bonchev–Trinajstić information content (AvgIpc) is 2.53. The third-order valence-electron chi connectivity index (χ3n) is 3.12. The van der Waals surface area contributed by atoms with E-state index in [1.807, 2.05) is 24.3 Å². The van der Waals surface area contributed by atoms with Crippen molar-refractivity contribution < 1.29 is 14.3 Å². The smallest absolute Gasteiger partial charge is 0.234 e. The standard InChI is InChI=1S/C16H26N4O3/c17-8-2-1-3-13-4-6-14(7-5-13)23-10-9-20-16(22)12-19-11-15(18)21/h4-7,19H,1-3,8-12,17H2,(H2,18,21)(H,20,22). The monoisotopic (exact) mass is 322 g/mol. The van der Waals surface area contributed by atoms with Crippen LogP contribution in [0.2, 0.25) is 0 Å². The summed E-state index contributed by atoms with van der Waals surface area (Å²) in [4.78, 5) is 21.9. The van der Waals surface area contributed by atoms with Crippen molar-refractivity contribution in [1.82, 2.24) is 10.6 Å². The third-order valence-corrected chi connectivity index (χ3v) is 3.12. The topological polar surface area (TPSA) is 119 Å². The van der Waals surface area contributed by atoms with Crippen molar-refractivity contribution in [2.45, 2.75) is 19.3 Å². The van der Waals surface area contributed by atoms with E-state index < -0.39 is 5.91 Å². The number of hydrogen-bond acceptors (Lipinski definition) is 5. The molecule has 0 atom stereocenters. The molecule has 0 aliphatic carbocycles. The minimum Gasteiger partial charge on any atom is -0.492 e. The van der Waals surface area contributed by atoms with E-state index in [2.05, 4.69) is 10.6 Å². The first-order valence-corrected chi connectivity index (χ1v) is 7.79. The van der Waals surface area contributed by atoms with Crippen LogP contribution in [0.1, 0.15) is 18.4 Å². The van der Waals surface area contributed by atoms with Crippen LogP contribution < -0.4 is 26.8 Å². The molecule has 0 aliphatic heterocycles. The molecule has 0 aromatic heterocycles. The van der Waals surface area contributed by atoms with Gasteiger partial charge in [-0.05, 0) is 43.5 Å². The van der Waals surface area contributed by atoms with Gasteiger partial charge in [0.25, 0.3) is 0 Å². The van der Waals surface area contributed by atoms with Gasteiger partial charge in [-0.3, -0.25) is 14.9 Å². The molecular formula is C16H26N4O3. The summed E-state index contributed by atoms with van der Waals surface area (Å²) in [7, 11) is 0. The Morgan fingerprint density at radius 1 is 1.09 bits per heavy atom. The number of aryl methyl sites for hydroxylation is 1. The zero-order valence-corrected chi connectivity index (χ0v) is 13.3. The van der Waals surface area contributed by atoms with E-state index in [1.54, 1.807) is 0 Å². The van der Waals surface area contributed by atoms with Gasteiger partial charge in [-0.1, -0.05) is 12.1 Å². The number of unbranched alkanes of at least 4 members (excludes halogenated alkanes) is 1. The van der Waals surface area contributed by atoms with Crippen molar-refractivity contribution in [3.63, 3.8) is 0 Å². The second kappa shape index (κ2) is 11.4. The molecule has 1 aromatic carbocycles. The minimum atomic E-state index is -0.493. The van der Waals surface area contributed by atoms with Crippen molar-refractivity contribution in [3.05, 3.63) is 29.8 Å². The highest BCUT2D eigenvalue weighted by Crippen LogP contribution is 2.13. The zero-order chi connectivity index (χ0) is 16.9. The number of carbonyl (C=O) groups excluding carboxylic acids is 2. The number of nitrogens with one attached hydrogen (secondary N) is 2. The quantitative estimate of drug-likeness (QED) is 0.388. The highest BCUT2D eigenvalue weighted by Gasteiger charge is 2.01. The number of benzene rings is 1. The number of amides is 2. The van der Waals surface area contributed by atoms with Gasteiger partial charge in [-0.2, -0.15) is 0 Å². The Morgan fingerprint density at radius 2 is 1.83 bits per heavy atom. The molecule has 0 saturated heterocycles. The van der Waals surface area contributed by atoms with E-state index in [0.29, 0.717) is 13.2 Å². The van der Waals surface area contributed by atoms with Crippen LogP contribution in [0.4, 0.5) is 0 Å². The molecule has 23 heavy (non-hydrogen) atoms. The predicted molar refractivity (Wildman–Crippen MR) is 89.0 cm³/mol. The fourth-order valence-corrected chi connectivity index (χ4v) is 1.95. The van der Waals surface area contributed by atoms with E-state index in [-0.39, 0.29) is 19.0 Å². The lowest BCUT2D eigenvalue weighted by molar-refractivity contribution is -0.120. The minimum absolute atomic E-state index is 0.0124. The molecule has 0 fully saturated rings. The molecule has 0 radical (unpaired) electrons. The molecule has 6 N–H and O–H groups in total. The Labute approximate surface area is 136 Å². The van der Waals surface area contributed by atoms with Crippen LogP contribution in [-0.4, -0.2) is 44.6 Å². The number of rotatable bonds is 12. The molecule has 0 bridgehead atoms. The summed E-state index contributed by atoms with van der Waals surface area (Å²) < 4.78 is 5.55. The second-order valence-corrected chi connectivity index (χ2v) is 5.16. The highest BCUT2D eigenvalue weighted by atomic mass is 16.5. The lowest BCUT2D eigenvalue weighted by Crippen LogP contribution is -2.39. The maximum Gasteiger partial charge on any atom is 0.234 e. The molecular weight excluding hydrogens is 296 g/mol. The Bertz CT molecular complexity index is 477. The van der Waals surface area contributed by atoms with Crippen molar-refractivity contribution in [1.29, 1.82) is 0 Å². The molecule has 128 valence electrons. The van der Waals surface area contributed by atoms with Crippen LogP contribution >= 0.6 is 0 Å². The number of nitrogens with two attached hydrogens (primary N) is 2. The Balaban J connectivity index is 2.13. The summed E-state index contributed by atoms with van der Waals surface area (Å²) in [5.74, 6) is 0.0754. The van der Waals surface area contributed by atoms with E-state index in [1.165, 1.54) is 5.56 Å². The van der Waals surface area contributed by atoms with Gasteiger partial charge < -0.3 is 21.5 Å². The van der Waals surface area contributed by atoms with Gasteiger partial charge in [0.1, 0.15) is 12.4 Å². The lowest BCUT2D eigenvalue weighted by Gasteiger charge is -2.09. The van der Waals surface area contributed by atoms with Crippen LogP contribution in [0.15, 0.2) is 24.3 Å². The molecule has 0 spiro atoms. The van der Waals surface area contributed by atoms with Crippen molar-refractivity contribution >= 4 is 11.8 Å². The van der Waals surface area contributed by atoms with Crippen molar-refractivity contribution in [2.24, 2.45) is 11.5 Å². The summed E-state index contributed by atoms with van der Waals surface area (Å²) in [6.45, 7) is 1.55. The molecule has 0 aliphatic rings. The van der Waals surface area contributed by atoms with Gasteiger partial charge in [0, 0.05) is 0 Å². The van der Waals surface area contributed by atoms with E-state index in [9.17, 15) is 9.59 Å². The third kappa shape index (κ3) is 9.49. The van der Waals surface area contributed by atoms with E-state index in [0.717, 1.165) is 31.6 Å². The summed E-state index contributed by atoms with van der Waals surface area (Å²) in [5.41, 5.74) is 11.7. The van der Waals surface area contributed by atoms with Gasteiger partial charge in [0.2, 0.25) is 11.8 Å². The van der Waals surface area contributed by atoms with Crippen LogP contribution in [0.5, 0.6) is 5.75 Å². The van der Waals surface area contributed by atoms with Gasteiger partial charge in [0.05, 0.1) is 19.6 Å². The number of hydrogen-bond donors (Lipinski definition) is 4. The van der Waals surface area contributed by atoms with Gasteiger partial charge in [-0.25, -0.2) is 0 Å². The number of carbonyl (C=O) groups is 2. The highest BCUT2D eigenvalue weighted by molar-refractivity contribution is 5.80. The fourth-order valence-electron chi connectivity index (χ4n) is 1.95. The van der Waals surface area contributed by atoms with Gasteiger partial charge in [0.15, 0.2) is 0 Å². The fraction of sp³-hybridized carbons (Fsp3) is 0.500. The number of ether oxygens (including phenoxy) is 1. The predicted octanol–water partition coefficient (Wildman–Crippen LogP) is -0.462. The van der Waals surface area contributed by atoms with Crippen LogP contribution in [0, 0.1) is 0 Å². The second-order valence-electron chi connectivity index (χ2n) is 5.16. The van der Waals surface area contributed by atoms with Crippen LogP contribution in [0.25, 0.3) is 0 Å². The van der Waals surface area contributed by atoms with Gasteiger partial charge >= 0.3 is 0 Å². The first-order chi connectivity index (χ1) is 11.1. The van der Waals surface area contributed by atoms with Crippen molar-refractivity contribution in [2.75, 3.05) is 32.8 Å². The lowest BCUT2D eigenvalue weighted by atomic mass is 10.1. The summed E-state index contributed by atoms with van der Waals surface area (Å²) in [6, 6.07) is 7.93. The molecule has 1 aromatic rings. The molecule has 0 saturated carbocycles. The van der Waals surface area contributed by atoms with Crippen LogP contribution in [0.3, 0.4) is 0 Å². The molecule has 7 heteroatoms. The molecule has 0 heterocycles. The van der Waals surface area contributed by atoms with Crippen LogP contribution in [-0.2, 0) is 16.0 Å². The van der Waals surface area contributed by atoms with E-state index >= 15 is 0 Å². The SMILES string of the molecule is NCCCCc1ccc(OCCNC(=O)CNCC(N)=O)cc1. The first-order valence-electron chi connectivity index (χ1n) is 7.79. The Hall–Kier alpha value is -2.12. The van der Waals surface area contributed by atoms with Crippen molar-refractivity contribution in [3.8, 4) is 5.75 Å². The normalized spacial score (nSPS) is 10.3.